The third kappa shape index (κ3) is 4.76. The molecule has 0 saturated carbocycles. The Morgan fingerprint density at radius 1 is 0.862 bits per heavy atom. The van der Waals surface area contributed by atoms with E-state index in [1.807, 2.05) is 90.4 Å². The summed E-state index contributed by atoms with van der Waals surface area (Å²) >= 11 is 0. The summed E-state index contributed by atoms with van der Waals surface area (Å²) in [6.45, 7) is 2.95. The molecule has 1 atom stereocenters. The van der Waals surface area contributed by atoms with Gasteiger partial charge in [0.15, 0.2) is 0 Å². The summed E-state index contributed by atoms with van der Waals surface area (Å²) in [5.41, 5.74) is 3.03. The Labute approximate surface area is 170 Å². The van der Waals surface area contributed by atoms with Gasteiger partial charge in [0.2, 0.25) is 0 Å². The molecule has 0 aliphatic rings. The zero-order valence-electron chi connectivity index (χ0n) is 16.4. The molecule has 0 aliphatic carbocycles. The molecule has 0 fully saturated rings. The van der Waals surface area contributed by atoms with Crippen molar-refractivity contribution in [3.05, 3.63) is 90.3 Å². The van der Waals surface area contributed by atoms with Gasteiger partial charge in [-0.1, -0.05) is 48.0 Å². The van der Waals surface area contributed by atoms with Crippen LogP contribution in [0.5, 0.6) is 11.5 Å². The van der Waals surface area contributed by atoms with Crippen molar-refractivity contribution in [2.45, 2.75) is 26.2 Å². The van der Waals surface area contributed by atoms with Gasteiger partial charge in [-0.3, -0.25) is 0 Å². The fourth-order valence-corrected chi connectivity index (χ4v) is 3.19. The minimum Gasteiger partial charge on any atom is -0.491 e. The second-order valence-corrected chi connectivity index (χ2v) is 7.01. The van der Waals surface area contributed by atoms with Crippen molar-refractivity contribution in [3.63, 3.8) is 0 Å². The fraction of sp³-hybridized carbons (Fsp3) is 0.208. The molecule has 0 unspecified atom stereocenters. The molecule has 0 spiro atoms. The number of ether oxygens (including phenoxy) is 2. The highest BCUT2D eigenvalue weighted by molar-refractivity contribution is 5.75. The van der Waals surface area contributed by atoms with Gasteiger partial charge in [-0.25, -0.2) is 4.98 Å². The van der Waals surface area contributed by atoms with E-state index in [1.165, 1.54) is 5.56 Å². The smallest absolute Gasteiger partial charge is 0.148 e. The molecule has 1 heterocycles. The molecule has 148 valence electrons. The third-order valence-electron chi connectivity index (χ3n) is 4.70. The topological polar surface area (TPSA) is 56.5 Å². The first-order valence-electron chi connectivity index (χ1n) is 9.68. The van der Waals surface area contributed by atoms with E-state index in [1.54, 1.807) is 0 Å². The highest BCUT2D eigenvalue weighted by Gasteiger charge is 2.15. The maximum atomic E-state index is 10.6. The molecule has 5 heteroatoms. The van der Waals surface area contributed by atoms with Crippen molar-refractivity contribution in [2.75, 3.05) is 6.61 Å². The molecular weight excluding hydrogens is 364 g/mol. The Morgan fingerprint density at radius 3 is 2.34 bits per heavy atom. The molecule has 1 N–H and O–H groups in total. The van der Waals surface area contributed by atoms with Crippen molar-refractivity contribution in [1.82, 2.24) is 9.55 Å². The van der Waals surface area contributed by atoms with E-state index in [-0.39, 0.29) is 6.61 Å². The van der Waals surface area contributed by atoms with Crippen LogP contribution in [0.1, 0.15) is 11.4 Å². The molecule has 1 aromatic heterocycles. The van der Waals surface area contributed by atoms with E-state index in [4.69, 9.17) is 14.5 Å². The summed E-state index contributed by atoms with van der Waals surface area (Å²) in [4.78, 5) is 4.70. The van der Waals surface area contributed by atoms with Crippen LogP contribution in [0.15, 0.2) is 78.9 Å². The summed E-state index contributed by atoms with van der Waals surface area (Å²) in [5.74, 6) is 2.30. The van der Waals surface area contributed by atoms with E-state index in [0.717, 1.165) is 28.4 Å². The normalized spacial score (nSPS) is 12.1. The van der Waals surface area contributed by atoms with Crippen LogP contribution in [-0.4, -0.2) is 27.4 Å². The zero-order valence-corrected chi connectivity index (χ0v) is 16.4. The number of hydrogen-bond acceptors (Lipinski definition) is 4. The molecular formula is C24H24N2O3. The monoisotopic (exact) mass is 388 g/mol. The lowest BCUT2D eigenvalue weighted by Crippen LogP contribution is -2.25. The number of fused-ring (bicyclic) bond motifs is 1. The quantitative estimate of drug-likeness (QED) is 0.487. The first kappa shape index (κ1) is 19.0. The number of imidazole rings is 1. The molecule has 0 amide bonds. The molecule has 0 bridgehead atoms. The third-order valence-corrected chi connectivity index (χ3v) is 4.70. The number of nitrogens with zero attached hydrogens (tertiary/aromatic N) is 2. The number of hydrogen-bond donors (Lipinski definition) is 1. The lowest BCUT2D eigenvalue weighted by Gasteiger charge is -2.16. The highest BCUT2D eigenvalue weighted by atomic mass is 16.5. The highest BCUT2D eigenvalue weighted by Crippen LogP contribution is 2.19. The minimum atomic E-state index is -0.675. The summed E-state index contributed by atoms with van der Waals surface area (Å²) in [6.07, 6.45) is -0.675. The van der Waals surface area contributed by atoms with Gasteiger partial charge in [0.05, 0.1) is 17.6 Å². The van der Waals surface area contributed by atoms with Gasteiger partial charge in [0.1, 0.15) is 36.6 Å². The average Bonchev–Trinajstić information content (AvgIpc) is 3.10. The number of aliphatic hydroxyl groups excluding tert-OH is 1. The number of para-hydroxylation sites is 3. The van der Waals surface area contributed by atoms with E-state index < -0.39 is 6.10 Å². The first-order valence-corrected chi connectivity index (χ1v) is 9.68. The maximum Gasteiger partial charge on any atom is 0.148 e. The molecule has 0 aliphatic heterocycles. The predicted octanol–water partition coefficient (Wildman–Crippen LogP) is 4.36. The number of aryl methyl sites for hydroxylation is 1. The molecule has 5 nitrogen and oxygen atoms in total. The van der Waals surface area contributed by atoms with Crippen LogP contribution in [0.2, 0.25) is 0 Å². The number of aromatic nitrogens is 2. The van der Waals surface area contributed by atoms with Crippen molar-refractivity contribution >= 4 is 11.0 Å². The van der Waals surface area contributed by atoms with Crippen LogP contribution in [0, 0.1) is 6.92 Å². The van der Waals surface area contributed by atoms with Gasteiger partial charge < -0.3 is 19.1 Å². The number of rotatable bonds is 8. The molecule has 29 heavy (non-hydrogen) atoms. The summed E-state index contributed by atoms with van der Waals surface area (Å²) in [6, 6.07) is 25.3. The molecule has 4 rings (SSSR count). The van der Waals surface area contributed by atoms with Crippen LogP contribution >= 0.6 is 0 Å². The maximum absolute atomic E-state index is 10.6. The van der Waals surface area contributed by atoms with E-state index in [9.17, 15) is 5.11 Å². The van der Waals surface area contributed by atoms with Crippen LogP contribution in [0.4, 0.5) is 0 Å². The SMILES string of the molecule is Cc1ccc(OCc2nc3ccccc3n2C[C@@H](O)COc2ccccc2)cc1. The molecule has 4 aromatic rings. The lowest BCUT2D eigenvalue weighted by molar-refractivity contribution is 0.0917. The minimum absolute atomic E-state index is 0.203. The first-order chi connectivity index (χ1) is 14.2. The Bertz CT molecular complexity index is 1060. The Hall–Kier alpha value is -3.31. The van der Waals surface area contributed by atoms with Gasteiger partial charge in [-0.15, -0.1) is 0 Å². The summed E-state index contributed by atoms with van der Waals surface area (Å²) in [5, 5.41) is 10.6. The number of benzene rings is 3. The number of aliphatic hydroxyl groups is 1. The van der Waals surface area contributed by atoms with Crippen molar-refractivity contribution in [3.8, 4) is 11.5 Å². The molecule has 3 aromatic carbocycles. The standard InChI is InChI=1S/C24H24N2O3/c1-18-11-13-21(14-12-18)29-17-24-25-22-9-5-6-10-23(22)26(24)15-19(27)16-28-20-7-3-2-4-8-20/h2-14,19,27H,15-17H2,1H3/t19-/m1/s1. The predicted molar refractivity (Wildman–Crippen MR) is 113 cm³/mol. The van der Waals surface area contributed by atoms with Gasteiger partial charge in [0.25, 0.3) is 0 Å². The van der Waals surface area contributed by atoms with Crippen LogP contribution in [-0.2, 0) is 13.2 Å². The van der Waals surface area contributed by atoms with Gasteiger partial charge >= 0.3 is 0 Å². The largest absolute Gasteiger partial charge is 0.491 e. The van der Waals surface area contributed by atoms with Crippen molar-refractivity contribution < 1.29 is 14.6 Å². The van der Waals surface area contributed by atoms with Gasteiger partial charge in [0, 0.05) is 0 Å². The second-order valence-electron chi connectivity index (χ2n) is 7.01. The molecule has 0 saturated heterocycles. The fourth-order valence-electron chi connectivity index (χ4n) is 3.19. The van der Waals surface area contributed by atoms with E-state index >= 15 is 0 Å². The van der Waals surface area contributed by atoms with Crippen LogP contribution in [0.3, 0.4) is 0 Å². The van der Waals surface area contributed by atoms with Crippen LogP contribution in [0.25, 0.3) is 11.0 Å². The Morgan fingerprint density at radius 2 is 1.55 bits per heavy atom. The van der Waals surface area contributed by atoms with Crippen molar-refractivity contribution in [1.29, 1.82) is 0 Å². The second kappa shape index (κ2) is 8.80. The van der Waals surface area contributed by atoms with Gasteiger partial charge in [-0.05, 0) is 43.3 Å². The van der Waals surface area contributed by atoms with E-state index in [0.29, 0.717) is 13.2 Å². The zero-order chi connectivity index (χ0) is 20.1. The Kier molecular flexibility index (Phi) is 5.77. The van der Waals surface area contributed by atoms with Crippen molar-refractivity contribution in [2.24, 2.45) is 0 Å². The van der Waals surface area contributed by atoms with Crippen LogP contribution < -0.4 is 9.47 Å². The summed E-state index contributed by atoms with van der Waals surface area (Å²) in [7, 11) is 0. The van der Waals surface area contributed by atoms with Gasteiger partial charge in [-0.2, -0.15) is 0 Å². The Balaban J connectivity index is 1.49. The molecule has 0 radical (unpaired) electrons. The summed E-state index contributed by atoms with van der Waals surface area (Å²) < 4.78 is 13.6. The lowest BCUT2D eigenvalue weighted by atomic mass is 10.2. The van der Waals surface area contributed by atoms with E-state index in [2.05, 4.69) is 0 Å². The average molecular weight is 388 g/mol.